The minimum absolute atomic E-state index is 0.0615. The van der Waals surface area contributed by atoms with E-state index in [4.69, 9.17) is 0 Å². The van der Waals surface area contributed by atoms with E-state index < -0.39 is 0 Å². The number of benzene rings is 1. The molecule has 1 aliphatic carbocycles. The summed E-state index contributed by atoms with van der Waals surface area (Å²) in [4.78, 5) is 15.1. The number of nitrogens with one attached hydrogen (secondary N) is 2. The minimum atomic E-state index is -0.0615. The van der Waals surface area contributed by atoms with Crippen molar-refractivity contribution in [2.24, 2.45) is 0 Å². The molecule has 4 nitrogen and oxygen atoms in total. The molecule has 4 heteroatoms. The molecule has 138 valence electrons. The number of para-hydroxylation sites is 1. The van der Waals surface area contributed by atoms with E-state index in [9.17, 15) is 4.79 Å². The lowest BCUT2D eigenvalue weighted by molar-refractivity contribution is 0.128. The average Bonchev–Trinajstić information content (AvgIpc) is 2.92. The third kappa shape index (κ3) is 5.21. The number of anilines is 1. The molecule has 0 bridgehead atoms. The van der Waals surface area contributed by atoms with Gasteiger partial charge in [0.1, 0.15) is 0 Å². The zero-order valence-corrected chi connectivity index (χ0v) is 15.6. The monoisotopic (exact) mass is 343 g/mol. The SMILES string of the molecule is CCc1ccccc1NC(=O)NC1CCCN(C2CCCCCC2)C1. The zero-order chi connectivity index (χ0) is 17.5. The van der Waals surface area contributed by atoms with Crippen molar-refractivity contribution >= 4 is 11.7 Å². The number of hydrogen-bond acceptors (Lipinski definition) is 2. The number of amides is 2. The van der Waals surface area contributed by atoms with E-state index in [1.807, 2.05) is 18.2 Å². The quantitative estimate of drug-likeness (QED) is 0.787. The van der Waals surface area contributed by atoms with Gasteiger partial charge in [-0.1, -0.05) is 50.8 Å². The first-order chi connectivity index (χ1) is 12.3. The topological polar surface area (TPSA) is 44.4 Å². The van der Waals surface area contributed by atoms with Gasteiger partial charge in [0.25, 0.3) is 0 Å². The molecular formula is C21H33N3O. The molecule has 0 radical (unpaired) electrons. The fourth-order valence-corrected chi connectivity index (χ4v) is 4.37. The van der Waals surface area contributed by atoms with E-state index in [1.165, 1.54) is 57.1 Å². The molecule has 1 unspecified atom stereocenters. The highest BCUT2D eigenvalue weighted by Crippen LogP contribution is 2.25. The smallest absolute Gasteiger partial charge is 0.319 e. The van der Waals surface area contributed by atoms with Crippen LogP contribution in [0.2, 0.25) is 0 Å². The van der Waals surface area contributed by atoms with Crippen LogP contribution in [0.15, 0.2) is 24.3 Å². The Morgan fingerprint density at radius 1 is 1.08 bits per heavy atom. The Labute approximate surface area is 152 Å². The maximum Gasteiger partial charge on any atom is 0.319 e. The second-order valence-electron chi connectivity index (χ2n) is 7.59. The Hall–Kier alpha value is -1.55. The Kier molecular flexibility index (Phi) is 6.74. The minimum Gasteiger partial charge on any atom is -0.334 e. The van der Waals surface area contributed by atoms with Gasteiger partial charge in [-0.15, -0.1) is 0 Å². The first-order valence-electron chi connectivity index (χ1n) is 10.2. The number of carbonyl (C=O) groups excluding carboxylic acids is 1. The van der Waals surface area contributed by atoms with Crippen LogP contribution in [0.25, 0.3) is 0 Å². The number of likely N-dealkylation sites (tertiary alicyclic amines) is 1. The lowest BCUT2D eigenvalue weighted by atomic mass is 10.00. The van der Waals surface area contributed by atoms with Crippen molar-refractivity contribution in [2.45, 2.75) is 76.8 Å². The lowest BCUT2D eigenvalue weighted by Crippen LogP contribution is -2.51. The number of rotatable bonds is 4. The molecule has 2 aliphatic rings. The molecule has 2 N–H and O–H groups in total. The number of carbonyl (C=O) groups is 1. The standard InChI is InChI=1S/C21H33N3O/c1-2-17-10-7-8-14-20(17)23-21(25)22-18-11-9-15-24(16-18)19-12-5-3-4-6-13-19/h7-8,10,14,18-19H,2-6,9,11-13,15-16H2,1H3,(H2,22,23,25). The summed E-state index contributed by atoms with van der Waals surface area (Å²) >= 11 is 0. The molecule has 1 saturated carbocycles. The Morgan fingerprint density at radius 3 is 2.60 bits per heavy atom. The molecule has 1 aromatic carbocycles. The van der Waals surface area contributed by atoms with Crippen LogP contribution in [-0.4, -0.2) is 36.1 Å². The number of nitrogens with zero attached hydrogens (tertiary/aromatic N) is 1. The number of piperidine rings is 1. The van der Waals surface area contributed by atoms with Crippen molar-refractivity contribution < 1.29 is 4.79 Å². The van der Waals surface area contributed by atoms with Crippen LogP contribution in [-0.2, 0) is 6.42 Å². The molecule has 3 rings (SSSR count). The summed E-state index contributed by atoms with van der Waals surface area (Å²) in [5.41, 5.74) is 2.11. The molecule has 25 heavy (non-hydrogen) atoms. The van der Waals surface area contributed by atoms with E-state index in [1.54, 1.807) is 0 Å². The summed E-state index contributed by atoms with van der Waals surface area (Å²) < 4.78 is 0. The van der Waals surface area contributed by atoms with Crippen molar-refractivity contribution in [1.29, 1.82) is 0 Å². The third-order valence-corrected chi connectivity index (χ3v) is 5.78. The summed E-state index contributed by atoms with van der Waals surface area (Å²) in [5, 5.41) is 6.26. The van der Waals surface area contributed by atoms with Gasteiger partial charge in [-0.25, -0.2) is 4.79 Å². The summed E-state index contributed by atoms with van der Waals surface area (Å²) in [6, 6.07) is 8.99. The van der Waals surface area contributed by atoms with E-state index in [2.05, 4.69) is 28.5 Å². The fourth-order valence-electron chi connectivity index (χ4n) is 4.37. The van der Waals surface area contributed by atoms with E-state index in [0.29, 0.717) is 0 Å². The third-order valence-electron chi connectivity index (χ3n) is 5.78. The zero-order valence-electron chi connectivity index (χ0n) is 15.6. The van der Waals surface area contributed by atoms with Gasteiger partial charge in [-0.05, 0) is 50.3 Å². The summed E-state index contributed by atoms with van der Waals surface area (Å²) in [6.07, 6.45) is 11.4. The first-order valence-corrected chi connectivity index (χ1v) is 10.2. The molecule has 1 heterocycles. The van der Waals surface area contributed by atoms with Gasteiger partial charge in [-0.2, -0.15) is 0 Å². The van der Waals surface area contributed by atoms with Crippen LogP contribution in [0.5, 0.6) is 0 Å². The Bertz CT molecular complexity index is 552. The molecule has 0 spiro atoms. The normalized spacial score (nSPS) is 23.0. The highest BCUT2D eigenvalue weighted by Gasteiger charge is 2.27. The predicted molar refractivity (Wildman–Crippen MR) is 104 cm³/mol. The van der Waals surface area contributed by atoms with Crippen LogP contribution in [0.4, 0.5) is 10.5 Å². The molecule has 0 aromatic heterocycles. The van der Waals surface area contributed by atoms with Gasteiger partial charge in [0.2, 0.25) is 0 Å². The van der Waals surface area contributed by atoms with Crippen LogP contribution in [0.3, 0.4) is 0 Å². The number of hydrogen-bond donors (Lipinski definition) is 2. The van der Waals surface area contributed by atoms with Gasteiger partial charge in [-0.3, -0.25) is 4.90 Å². The van der Waals surface area contributed by atoms with Crippen molar-refractivity contribution in [3.05, 3.63) is 29.8 Å². The molecule has 1 atom stereocenters. The Morgan fingerprint density at radius 2 is 1.84 bits per heavy atom. The van der Waals surface area contributed by atoms with Gasteiger partial charge >= 0.3 is 6.03 Å². The van der Waals surface area contributed by atoms with Crippen LogP contribution >= 0.6 is 0 Å². The highest BCUT2D eigenvalue weighted by atomic mass is 16.2. The van der Waals surface area contributed by atoms with Crippen molar-refractivity contribution in [3.8, 4) is 0 Å². The maximum absolute atomic E-state index is 12.4. The van der Waals surface area contributed by atoms with Gasteiger partial charge in [0.15, 0.2) is 0 Å². The second-order valence-corrected chi connectivity index (χ2v) is 7.59. The van der Waals surface area contributed by atoms with Crippen LogP contribution in [0.1, 0.15) is 63.9 Å². The fraction of sp³-hybridized carbons (Fsp3) is 0.667. The van der Waals surface area contributed by atoms with Crippen molar-refractivity contribution in [2.75, 3.05) is 18.4 Å². The maximum atomic E-state index is 12.4. The summed E-state index contributed by atoms with van der Waals surface area (Å²) in [7, 11) is 0. The molecule has 1 aromatic rings. The van der Waals surface area contributed by atoms with E-state index in [-0.39, 0.29) is 12.1 Å². The second kappa shape index (κ2) is 9.23. The van der Waals surface area contributed by atoms with E-state index >= 15 is 0 Å². The molecule has 1 aliphatic heterocycles. The number of urea groups is 1. The Balaban J connectivity index is 1.52. The van der Waals surface area contributed by atoms with E-state index in [0.717, 1.165) is 31.1 Å². The van der Waals surface area contributed by atoms with Gasteiger partial charge in [0.05, 0.1) is 0 Å². The van der Waals surface area contributed by atoms with Crippen molar-refractivity contribution in [1.82, 2.24) is 10.2 Å². The van der Waals surface area contributed by atoms with Crippen molar-refractivity contribution in [3.63, 3.8) is 0 Å². The molecule has 2 amide bonds. The molecular weight excluding hydrogens is 310 g/mol. The van der Waals surface area contributed by atoms with Gasteiger partial charge < -0.3 is 10.6 Å². The number of aryl methyl sites for hydroxylation is 1. The lowest BCUT2D eigenvalue weighted by Gasteiger charge is -2.38. The average molecular weight is 344 g/mol. The highest BCUT2D eigenvalue weighted by molar-refractivity contribution is 5.90. The summed E-state index contributed by atoms with van der Waals surface area (Å²) in [5.74, 6) is 0. The molecule has 2 fully saturated rings. The van der Waals surface area contributed by atoms with Gasteiger partial charge in [0, 0.05) is 24.3 Å². The molecule has 1 saturated heterocycles. The van der Waals surface area contributed by atoms with Crippen LogP contribution < -0.4 is 10.6 Å². The first kappa shape index (κ1) is 18.2. The van der Waals surface area contributed by atoms with Crippen LogP contribution in [0, 0.1) is 0 Å². The predicted octanol–water partition coefficient (Wildman–Crippen LogP) is 4.56. The largest absolute Gasteiger partial charge is 0.334 e. The summed E-state index contributed by atoms with van der Waals surface area (Å²) in [6.45, 7) is 4.32.